The van der Waals surface area contributed by atoms with Crippen molar-refractivity contribution < 1.29 is 4.79 Å². The first-order chi connectivity index (χ1) is 17.4. The van der Waals surface area contributed by atoms with Crippen LogP contribution in [0.25, 0.3) is 22.0 Å². The lowest BCUT2D eigenvalue weighted by atomic mass is 9.99. The summed E-state index contributed by atoms with van der Waals surface area (Å²) in [5, 5.41) is 4.82. The van der Waals surface area contributed by atoms with Crippen molar-refractivity contribution >= 4 is 28.4 Å². The van der Waals surface area contributed by atoms with Crippen molar-refractivity contribution in [3.8, 4) is 11.1 Å². The van der Waals surface area contributed by atoms with Gasteiger partial charge in [-0.25, -0.2) is 0 Å². The van der Waals surface area contributed by atoms with Crippen molar-refractivity contribution in [2.75, 3.05) is 0 Å². The first-order valence-corrected chi connectivity index (χ1v) is 12.6. The maximum atomic E-state index is 12.9. The Hall–Kier alpha value is -3.82. The Labute approximate surface area is 217 Å². The Balaban J connectivity index is 1.36. The van der Waals surface area contributed by atoms with Crippen molar-refractivity contribution in [1.82, 2.24) is 9.88 Å². The zero-order valence-corrected chi connectivity index (χ0v) is 21.6. The van der Waals surface area contributed by atoms with E-state index < -0.39 is 0 Å². The predicted molar refractivity (Wildman–Crippen MR) is 150 cm³/mol. The molecule has 3 nitrogen and oxygen atoms in total. The summed E-state index contributed by atoms with van der Waals surface area (Å²) in [4.78, 5) is 12.9. The van der Waals surface area contributed by atoms with E-state index in [0.717, 1.165) is 23.0 Å². The van der Waals surface area contributed by atoms with Crippen molar-refractivity contribution in [2.45, 2.75) is 33.9 Å². The predicted octanol–water partition coefficient (Wildman–Crippen LogP) is 7.87. The van der Waals surface area contributed by atoms with Gasteiger partial charge in [-0.05, 0) is 84.5 Å². The average Bonchev–Trinajstić information content (AvgIpc) is 3.13. The highest BCUT2D eigenvalue weighted by Crippen LogP contribution is 2.28. The van der Waals surface area contributed by atoms with Gasteiger partial charge >= 0.3 is 0 Å². The maximum Gasteiger partial charge on any atom is 0.251 e. The van der Waals surface area contributed by atoms with E-state index in [9.17, 15) is 4.79 Å². The molecule has 1 amide bonds. The molecule has 0 bridgehead atoms. The third-order valence-electron chi connectivity index (χ3n) is 7.02. The number of carbonyl (C=O) groups is 1. The van der Waals surface area contributed by atoms with Crippen LogP contribution in [0, 0.1) is 20.8 Å². The van der Waals surface area contributed by atoms with E-state index in [4.69, 9.17) is 11.6 Å². The van der Waals surface area contributed by atoms with E-state index in [1.807, 2.05) is 36.4 Å². The van der Waals surface area contributed by atoms with Gasteiger partial charge < -0.3 is 9.88 Å². The third kappa shape index (κ3) is 4.80. The molecule has 0 saturated heterocycles. The number of carbonyl (C=O) groups excluding carboxylic acids is 1. The van der Waals surface area contributed by atoms with Gasteiger partial charge in [0, 0.05) is 40.3 Å². The molecule has 0 unspecified atom stereocenters. The van der Waals surface area contributed by atoms with Gasteiger partial charge in [0.2, 0.25) is 0 Å². The number of aromatic nitrogens is 1. The summed E-state index contributed by atoms with van der Waals surface area (Å²) in [7, 11) is 0. The fourth-order valence-corrected chi connectivity index (χ4v) is 4.88. The number of fused-ring (bicyclic) bond motifs is 1. The second-order valence-corrected chi connectivity index (χ2v) is 9.79. The second kappa shape index (κ2) is 10.0. The summed E-state index contributed by atoms with van der Waals surface area (Å²) in [5.74, 6) is -0.0801. The number of aryl methyl sites for hydroxylation is 2. The van der Waals surface area contributed by atoms with E-state index in [2.05, 4.69) is 85.3 Å². The summed E-state index contributed by atoms with van der Waals surface area (Å²) < 4.78 is 2.34. The highest BCUT2D eigenvalue weighted by molar-refractivity contribution is 6.30. The lowest BCUT2D eigenvalue weighted by Crippen LogP contribution is -2.22. The van der Waals surface area contributed by atoms with E-state index in [1.165, 1.54) is 33.5 Å². The molecule has 0 atom stereocenters. The van der Waals surface area contributed by atoms with Crippen LogP contribution in [0.4, 0.5) is 0 Å². The average molecular weight is 493 g/mol. The monoisotopic (exact) mass is 492 g/mol. The minimum Gasteiger partial charge on any atom is -0.348 e. The standard InChI is InChI=1S/C32H29ClN2O/c1-21-6-4-5-7-29(21)26-12-8-25(9-13-26)20-35-23(3)22(2)30-18-27(14-17-31(30)35)32(36)34-19-24-10-15-28(33)16-11-24/h4-18H,19-20H2,1-3H3,(H,34,36). The summed E-state index contributed by atoms with van der Waals surface area (Å²) in [5.41, 5.74) is 10.3. The van der Waals surface area contributed by atoms with E-state index in [0.29, 0.717) is 17.1 Å². The molecule has 0 aliphatic heterocycles. The lowest BCUT2D eigenvalue weighted by molar-refractivity contribution is 0.0951. The molecular formula is C32H29ClN2O. The molecule has 0 aliphatic rings. The molecule has 5 aromatic rings. The molecular weight excluding hydrogens is 464 g/mol. The Bertz CT molecular complexity index is 1550. The molecule has 0 fully saturated rings. The first-order valence-electron chi connectivity index (χ1n) is 12.2. The van der Waals surface area contributed by atoms with Crippen molar-refractivity contribution in [3.05, 3.63) is 130 Å². The van der Waals surface area contributed by atoms with E-state index in [-0.39, 0.29) is 5.91 Å². The number of halogens is 1. The molecule has 1 aromatic heterocycles. The van der Waals surface area contributed by atoms with Crippen LogP contribution in [-0.2, 0) is 13.1 Å². The van der Waals surface area contributed by atoms with Crippen molar-refractivity contribution in [2.24, 2.45) is 0 Å². The second-order valence-electron chi connectivity index (χ2n) is 9.35. The van der Waals surface area contributed by atoms with Gasteiger partial charge in [-0.15, -0.1) is 0 Å². The van der Waals surface area contributed by atoms with Gasteiger partial charge in [0.1, 0.15) is 0 Å². The largest absolute Gasteiger partial charge is 0.348 e. The molecule has 180 valence electrons. The van der Waals surface area contributed by atoms with E-state index in [1.54, 1.807) is 0 Å². The van der Waals surface area contributed by atoms with Gasteiger partial charge in [-0.3, -0.25) is 4.79 Å². The minimum absolute atomic E-state index is 0.0801. The van der Waals surface area contributed by atoms with Crippen LogP contribution in [0.2, 0.25) is 5.02 Å². The molecule has 0 spiro atoms. The molecule has 0 radical (unpaired) electrons. The highest BCUT2D eigenvalue weighted by Gasteiger charge is 2.14. The highest BCUT2D eigenvalue weighted by atomic mass is 35.5. The van der Waals surface area contributed by atoms with Crippen LogP contribution in [0.5, 0.6) is 0 Å². The molecule has 5 rings (SSSR count). The molecule has 1 N–H and O–H groups in total. The number of nitrogens with one attached hydrogen (secondary N) is 1. The quantitative estimate of drug-likeness (QED) is 0.257. The first kappa shape index (κ1) is 23.9. The summed E-state index contributed by atoms with van der Waals surface area (Å²) in [6.07, 6.45) is 0. The van der Waals surface area contributed by atoms with E-state index >= 15 is 0 Å². The van der Waals surface area contributed by atoms with Gasteiger partial charge in [0.15, 0.2) is 0 Å². The Morgan fingerprint density at radius 3 is 2.25 bits per heavy atom. The minimum atomic E-state index is -0.0801. The number of hydrogen-bond acceptors (Lipinski definition) is 1. The number of hydrogen-bond donors (Lipinski definition) is 1. The van der Waals surface area contributed by atoms with Crippen LogP contribution >= 0.6 is 11.6 Å². The zero-order chi connectivity index (χ0) is 25.2. The smallest absolute Gasteiger partial charge is 0.251 e. The third-order valence-corrected chi connectivity index (χ3v) is 7.27. The fourth-order valence-electron chi connectivity index (χ4n) is 4.75. The van der Waals surface area contributed by atoms with Gasteiger partial charge in [-0.1, -0.05) is 72.3 Å². The molecule has 0 saturated carbocycles. The fraction of sp³-hybridized carbons (Fsp3) is 0.156. The molecule has 4 heteroatoms. The van der Waals surface area contributed by atoms with Crippen LogP contribution in [0.15, 0.2) is 91.0 Å². The Kier molecular flexibility index (Phi) is 6.67. The summed E-state index contributed by atoms with van der Waals surface area (Å²) in [6.45, 7) is 7.67. The van der Waals surface area contributed by atoms with Crippen LogP contribution in [0.3, 0.4) is 0 Å². The number of rotatable bonds is 6. The molecule has 0 aliphatic carbocycles. The lowest BCUT2D eigenvalue weighted by Gasteiger charge is -2.11. The van der Waals surface area contributed by atoms with Gasteiger partial charge in [0.25, 0.3) is 5.91 Å². The summed E-state index contributed by atoms with van der Waals surface area (Å²) >= 11 is 5.95. The van der Waals surface area contributed by atoms with Gasteiger partial charge in [0.05, 0.1) is 0 Å². The topological polar surface area (TPSA) is 34.0 Å². The summed E-state index contributed by atoms with van der Waals surface area (Å²) in [6, 6.07) is 30.8. The number of benzene rings is 4. The van der Waals surface area contributed by atoms with Gasteiger partial charge in [-0.2, -0.15) is 0 Å². The van der Waals surface area contributed by atoms with Crippen LogP contribution < -0.4 is 5.32 Å². The Morgan fingerprint density at radius 2 is 1.53 bits per heavy atom. The SMILES string of the molecule is Cc1ccccc1-c1ccc(Cn2c(C)c(C)c3cc(C(=O)NCc4ccc(Cl)cc4)ccc32)cc1. The maximum absolute atomic E-state index is 12.9. The zero-order valence-electron chi connectivity index (χ0n) is 20.8. The number of amides is 1. The molecule has 36 heavy (non-hydrogen) atoms. The van der Waals surface area contributed by atoms with Crippen LogP contribution in [0.1, 0.15) is 38.3 Å². The Morgan fingerprint density at radius 1 is 0.833 bits per heavy atom. The molecule has 4 aromatic carbocycles. The number of nitrogens with zero attached hydrogens (tertiary/aromatic N) is 1. The molecule has 1 heterocycles. The van der Waals surface area contributed by atoms with Crippen molar-refractivity contribution in [1.29, 1.82) is 0 Å². The normalized spacial score (nSPS) is 11.1. The van der Waals surface area contributed by atoms with Crippen molar-refractivity contribution in [3.63, 3.8) is 0 Å². The van der Waals surface area contributed by atoms with Crippen LogP contribution in [-0.4, -0.2) is 10.5 Å².